The number of sulfonamides is 1. The van der Waals surface area contributed by atoms with E-state index in [2.05, 4.69) is 20.8 Å². The van der Waals surface area contributed by atoms with Crippen LogP contribution in [0.2, 0.25) is 0 Å². The van der Waals surface area contributed by atoms with Gasteiger partial charge in [0.15, 0.2) is 0 Å². The normalized spacial score (nSPS) is 16.5. The molecule has 1 aromatic carbocycles. The predicted octanol–water partition coefficient (Wildman–Crippen LogP) is 4.72. The Kier molecular flexibility index (Phi) is 7.20. The van der Waals surface area contributed by atoms with Gasteiger partial charge in [-0.25, -0.2) is 8.42 Å². The topological polar surface area (TPSA) is 70.8 Å². The molecule has 0 aliphatic carbocycles. The van der Waals surface area contributed by atoms with E-state index in [9.17, 15) is 13.2 Å². The Morgan fingerprint density at radius 1 is 1.09 bits per heavy atom. The fourth-order valence-corrected chi connectivity index (χ4v) is 5.58. The van der Waals surface area contributed by atoms with Gasteiger partial charge in [-0.05, 0) is 68.9 Å². The maximum Gasteiger partial charge on any atom is 0.243 e. The summed E-state index contributed by atoms with van der Waals surface area (Å²) in [5, 5.41) is 0. The minimum absolute atomic E-state index is 0.0301. The van der Waals surface area contributed by atoms with Gasteiger partial charge in [-0.2, -0.15) is 4.31 Å². The first-order valence-corrected chi connectivity index (χ1v) is 12.8. The second-order valence-electron chi connectivity index (χ2n) is 10.0. The van der Waals surface area contributed by atoms with Crippen LogP contribution in [0.15, 0.2) is 45.7 Å². The molecule has 0 N–H and O–H groups in total. The Labute approximate surface area is 192 Å². The lowest BCUT2D eigenvalue weighted by Crippen LogP contribution is -2.46. The molecule has 0 atom stereocenters. The van der Waals surface area contributed by atoms with Crippen molar-refractivity contribution in [2.75, 3.05) is 13.1 Å². The van der Waals surface area contributed by atoms with E-state index in [1.165, 1.54) is 4.31 Å². The Balaban J connectivity index is 1.65. The number of hydrogen-bond donors (Lipinski definition) is 0. The molecule has 1 aliphatic heterocycles. The van der Waals surface area contributed by atoms with Crippen LogP contribution in [-0.2, 0) is 26.8 Å². The lowest BCUT2D eigenvalue weighted by atomic mass is 9.87. The average molecular weight is 461 g/mol. The molecule has 1 amide bonds. The van der Waals surface area contributed by atoms with Crippen LogP contribution in [0.4, 0.5) is 0 Å². The number of nitrogens with zero attached hydrogens (tertiary/aromatic N) is 2. The molecule has 1 saturated heterocycles. The molecule has 1 fully saturated rings. The molecule has 0 saturated carbocycles. The molecule has 2 heterocycles. The molecule has 0 bridgehead atoms. The molecule has 1 aliphatic rings. The Bertz CT molecular complexity index is 1020. The lowest BCUT2D eigenvalue weighted by Gasteiger charge is -2.35. The third-order valence-corrected chi connectivity index (χ3v) is 8.10. The zero-order valence-electron chi connectivity index (χ0n) is 20.1. The van der Waals surface area contributed by atoms with Crippen molar-refractivity contribution in [1.29, 1.82) is 0 Å². The van der Waals surface area contributed by atoms with Crippen molar-refractivity contribution in [3.63, 3.8) is 0 Å². The van der Waals surface area contributed by atoms with E-state index in [1.54, 1.807) is 12.1 Å². The molecule has 32 heavy (non-hydrogen) atoms. The Hall–Kier alpha value is -2.12. The fourth-order valence-electron chi connectivity index (χ4n) is 4.11. The van der Waals surface area contributed by atoms with Crippen LogP contribution < -0.4 is 0 Å². The van der Waals surface area contributed by atoms with Gasteiger partial charge in [0.25, 0.3) is 0 Å². The predicted molar refractivity (Wildman–Crippen MR) is 126 cm³/mol. The molecule has 3 rings (SSSR count). The highest BCUT2D eigenvalue weighted by Gasteiger charge is 2.34. The van der Waals surface area contributed by atoms with E-state index >= 15 is 0 Å². The number of piperidine rings is 1. The maximum atomic E-state index is 13.2. The van der Waals surface area contributed by atoms with Crippen LogP contribution in [-0.4, -0.2) is 42.7 Å². The van der Waals surface area contributed by atoms with Gasteiger partial charge < -0.3 is 9.32 Å². The smallest absolute Gasteiger partial charge is 0.243 e. The minimum Gasteiger partial charge on any atom is -0.464 e. The molecule has 7 heteroatoms. The highest BCUT2D eigenvalue weighted by Crippen LogP contribution is 2.28. The fraction of sp³-hybridized carbons (Fsp3) is 0.560. The summed E-state index contributed by atoms with van der Waals surface area (Å²) in [5.74, 6) is 1.48. The summed E-state index contributed by atoms with van der Waals surface area (Å²) in [6, 6.07) is 11.0. The maximum absolute atomic E-state index is 13.2. The van der Waals surface area contributed by atoms with Gasteiger partial charge in [-0.3, -0.25) is 4.79 Å². The standard InChI is InChI=1S/C25H36N2O4S/c1-18(2)27(17-22-10-7-19(3)31-22)24(28)20-13-15-26(16-14-20)32(29,30)23-11-8-21(9-12-23)25(4,5)6/h7-12,18,20H,13-17H2,1-6H3. The third kappa shape index (κ3) is 5.44. The number of aryl methyl sites for hydroxylation is 1. The second kappa shape index (κ2) is 9.40. The third-order valence-electron chi connectivity index (χ3n) is 6.19. The van der Waals surface area contributed by atoms with E-state index < -0.39 is 10.0 Å². The summed E-state index contributed by atoms with van der Waals surface area (Å²) in [7, 11) is -3.56. The SMILES string of the molecule is Cc1ccc(CN(C(=O)C2CCN(S(=O)(=O)c3ccc(C(C)(C)C)cc3)CC2)C(C)C)o1. The van der Waals surface area contributed by atoms with Gasteiger partial charge >= 0.3 is 0 Å². The summed E-state index contributed by atoms with van der Waals surface area (Å²) >= 11 is 0. The van der Waals surface area contributed by atoms with Crippen LogP contribution in [0.25, 0.3) is 0 Å². The number of carbonyl (C=O) groups is 1. The highest BCUT2D eigenvalue weighted by molar-refractivity contribution is 7.89. The number of benzene rings is 1. The summed E-state index contributed by atoms with van der Waals surface area (Å²) < 4.78 is 33.4. The van der Waals surface area contributed by atoms with Crippen molar-refractivity contribution >= 4 is 15.9 Å². The van der Waals surface area contributed by atoms with Gasteiger partial charge in [-0.15, -0.1) is 0 Å². The van der Waals surface area contributed by atoms with Crippen LogP contribution in [0, 0.1) is 12.8 Å². The van der Waals surface area contributed by atoms with Crippen LogP contribution >= 0.6 is 0 Å². The van der Waals surface area contributed by atoms with Crippen molar-refractivity contribution < 1.29 is 17.6 Å². The van der Waals surface area contributed by atoms with Crippen LogP contribution in [0.1, 0.15) is 64.5 Å². The summed E-state index contributed by atoms with van der Waals surface area (Å²) in [6.45, 7) is 13.3. The monoisotopic (exact) mass is 460 g/mol. The van der Waals surface area contributed by atoms with Crippen molar-refractivity contribution in [3.05, 3.63) is 53.5 Å². The minimum atomic E-state index is -3.56. The van der Waals surface area contributed by atoms with Gasteiger partial charge in [-0.1, -0.05) is 32.9 Å². The summed E-state index contributed by atoms with van der Waals surface area (Å²) in [6.07, 6.45) is 1.05. The molecule has 0 radical (unpaired) electrons. The van der Waals surface area contributed by atoms with Crippen molar-refractivity contribution in [1.82, 2.24) is 9.21 Å². The molecule has 176 valence electrons. The zero-order chi connectivity index (χ0) is 23.7. The average Bonchev–Trinajstić information content (AvgIpc) is 3.15. The summed E-state index contributed by atoms with van der Waals surface area (Å²) in [5.41, 5.74) is 1.07. The largest absolute Gasteiger partial charge is 0.464 e. The van der Waals surface area contributed by atoms with Crippen molar-refractivity contribution in [3.8, 4) is 0 Å². The van der Waals surface area contributed by atoms with Gasteiger partial charge in [0.2, 0.25) is 15.9 Å². The van der Waals surface area contributed by atoms with Gasteiger partial charge in [0.05, 0.1) is 11.4 Å². The number of rotatable bonds is 6. The molecular formula is C25H36N2O4S. The first-order chi connectivity index (χ1) is 14.9. The molecule has 0 unspecified atom stereocenters. The van der Waals surface area contributed by atoms with Gasteiger partial charge in [0, 0.05) is 25.0 Å². The number of furan rings is 1. The Morgan fingerprint density at radius 3 is 2.16 bits per heavy atom. The molecule has 1 aromatic heterocycles. The number of amides is 1. The number of hydrogen-bond acceptors (Lipinski definition) is 4. The zero-order valence-corrected chi connectivity index (χ0v) is 20.9. The molecule has 6 nitrogen and oxygen atoms in total. The van der Waals surface area contributed by atoms with Gasteiger partial charge in [0.1, 0.15) is 11.5 Å². The van der Waals surface area contributed by atoms with E-state index in [4.69, 9.17) is 4.42 Å². The Morgan fingerprint density at radius 2 is 1.69 bits per heavy atom. The number of carbonyl (C=O) groups excluding carboxylic acids is 1. The van der Waals surface area contributed by atoms with Crippen molar-refractivity contribution in [2.24, 2.45) is 5.92 Å². The highest BCUT2D eigenvalue weighted by atomic mass is 32.2. The van der Waals surface area contributed by atoms with Crippen molar-refractivity contribution in [2.45, 2.75) is 77.3 Å². The first kappa shape index (κ1) is 24.5. The van der Waals surface area contributed by atoms with E-state index in [1.807, 2.05) is 49.9 Å². The lowest BCUT2D eigenvalue weighted by molar-refractivity contribution is -0.139. The van der Waals surface area contributed by atoms with E-state index in [0.29, 0.717) is 37.4 Å². The van der Waals surface area contributed by atoms with Crippen LogP contribution in [0.5, 0.6) is 0 Å². The van der Waals surface area contributed by atoms with Crippen LogP contribution in [0.3, 0.4) is 0 Å². The quantitative estimate of drug-likeness (QED) is 0.625. The first-order valence-electron chi connectivity index (χ1n) is 11.4. The molecule has 0 spiro atoms. The van der Waals surface area contributed by atoms with E-state index in [-0.39, 0.29) is 23.3 Å². The molecular weight excluding hydrogens is 424 g/mol. The molecule has 2 aromatic rings. The second-order valence-corrected chi connectivity index (χ2v) is 12.0. The van der Waals surface area contributed by atoms with E-state index in [0.717, 1.165) is 17.1 Å². The summed E-state index contributed by atoms with van der Waals surface area (Å²) in [4.78, 5) is 15.4.